The van der Waals surface area contributed by atoms with Crippen LogP contribution in [-0.4, -0.2) is 33.4 Å². The van der Waals surface area contributed by atoms with Gasteiger partial charge in [-0.25, -0.2) is 14.4 Å². The van der Waals surface area contributed by atoms with E-state index >= 15 is 0 Å². The highest BCUT2D eigenvalue weighted by molar-refractivity contribution is 6.09. The summed E-state index contributed by atoms with van der Waals surface area (Å²) in [5.41, 5.74) is 5.97. The molecule has 0 saturated heterocycles. The number of aromatic nitrogens is 3. The Morgan fingerprint density at radius 2 is 1.97 bits per heavy atom. The van der Waals surface area contributed by atoms with Crippen molar-refractivity contribution >= 4 is 34.0 Å². The van der Waals surface area contributed by atoms with Gasteiger partial charge in [0.15, 0.2) is 0 Å². The molecule has 0 radical (unpaired) electrons. The molecule has 2 N–H and O–H groups in total. The number of carbonyl (C=O) groups excluding carboxylic acids is 1. The molecule has 0 atom stereocenters. The van der Waals surface area contributed by atoms with Crippen LogP contribution in [-0.2, 0) is 6.18 Å². The number of ether oxygens (including phenoxy) is 1. The predicted octanol–water partition coefficient (Wildman–Crippen LogP) is 3.66. The normalized spacial score (nSPS) is 14.0. The summed E-state index contributed by atoms with van der Waals surface area (Å²) in [6, 6.07) is 5.24. The topological polar surface area (TPSA) is 85.8 Å². The Hall–Kier alpha value is -3.89. The standard InChI is InChI=1S/C20H13F4N5O2/c21-12-7-13-15(29-9-26-8-16(29)18(25)27-13)6-11(12)19(30)28-3-4-31-17-5-10(20(22,23)24)1-2-14(17)28/h1-2,5-9H,3-4H2,(H2,25,27). The Bertz CT molecular complexity index is 1370. The molecule has 0 unspecified atom stereocenters. The second kappa shape index (κ2) is 6.56. The van der Waals surface area contributed by atoms with Crippen molar-refractivity contribution in [1.82, 2.24) is 14.4 Å². The van der Waals surface area contributed by atoms with Gasteiger partial charge in [-0.3, -0.25) is 9.20 Å². The summed E-state index contributed by atoms with van der Waals surface area (Å²) in [7, 11) is 0. The molecule has 5 rings (SSSR count). The lowest BCUT2D eigenvalue weighted by atomic mass is 10.1. The lowest BCUT2D eigenvalue weighted by molar-refractivity contribution is -0.137. The van der Waals surface area contributed by atoms with E-state index in [1.807, 2.05) is 0 Å². The molecule has 0 saturated carbocycles. The smallest absolute Gasteiger partial charge is 0.416 e. The van der Waals surface area contributed by atoms with Crippen LogP contribution in [0.25, 0.3) is 16.6 Å². The maximum absolute atomic E-state index is 14.8. The Morgan fingerprint density at radius 3 is 2.74 bits per heavy atom. The fourth-order valence-corrected chi connectivity index (χ4v) is 3.61. The molecule has 4 aromatic rings. The van der Waals surface area contributed by atoms with E-state index in [2.05, 4.69) is 9.97 Å². The molecule has 1 aliphatic rings. The highest BCUT2D eigenvalue weighted by atomic mass is 19.4. The van der Waals surface area contributed by atoms with Crippen molar-refractivity contribution in [1.29, 1.82) is 0 Å². The minimum absolute atomic E-state index is 0.0287. The zero-order chi connectivity index (χ0) is 21.9. The number of imidazole rings is 1. The third-order valence-electron chi connectivity index (χ3n) is 5.09. The fourth-order valence-electron chi connectivity index (χ4n) is 3.61. The molecule has 1 amide bonds. The molecule has 31 heavy (non-hydrogen) atoms. The lowest BCUT2D eigenvalue weighted by Gasteiger charge is -2.30. The minimum atomic E-state index is -4.56. The lowest BCUT2D eigenvalue weighted by Crippen LogP contribution is -2.38. The van der Waals surface area contributed by atoms with Gasteiger partial charge in [0, 0.05) is 6.07 Å². The molecule has 2 aromatic heterocycles. The summed E-state index contributed by atoms with van der Waals surface area (Å²) >= 11 is 0. The van der Waals surface area contributed by atoms with E-state index < -0.39 is 23.5 Å². The Balaban J connectivity index is 1.61. The molecule has 158 valence electrons. The maximum atomic E-state index is 14.8. The van der Waals surface area contributed by atoms with Crippen LogP contribution in [0.4, 0.5) is 29.1 Å². The van der Waals surface area contributed by atoms with E-state index in [1.54, 1.807) is 4.40 Å². The van der Waals surface area contributed by atoms with E-state index in [9.17, 15) is 22.4 Å². The Morgan fingerprint density at radius 1 is 1.16 bits per heavy atom. The van der Waals surface area contributed by atoms with E-state index in [0.29, 0.717) is 11.0 Å². The molecule has 11 heteroatoms. The van der Waals surface area contributed by atoms with Gasteiger partial charge in [0.2, 0.25) is 0 Å². The molecule has 1 aliphatic heterocycles. The van der Waals surface area contributed by atoms with Crippen LogP contribution in [0, 0.1) is 5.82 Å². The van der Waals surface area contributed by atoms with Crippen molar-refractivity contribution < 1.29 is 27.1 Å². The highest BCUT2D eigenvalue weighted by Gasteiger charge is 2.34. The van der Waals surface area contributed by atoms with Crippen LogP contribution in [0.3, 0.4) is 0 Å². The van der Waals surface area contributed by atoms with Gasteiger partial charge in [0.1, 0.15) is 29.5 Å². The third kappa shape index (κ3) is 3.00. The average Bonchev–Trinajstić information content (AvgIpc) is 3.22. The van der Waals surface area contributed by atoms with Gasteiger partial charge in [-0.1, -0.05) is 0 Å². The number of alkyl halides is 3. The zero-order valence-electron chi connectivity index (χ0n) is 15.7. The number of halogens is 4. The first-order chi connectivity index (χ1) is 14.7. The number of anilines is 2. The molecule has 3 heterocycles. The number of nitrogens with two attached hydrogens (primary N) is 1. The number of amides is 1. The van der Waals surface area contributed by atoms with Gasteiger partial charge < -0.3 is 15.4 Å². The summed E-state index contributed by atoms with van der Waals surface area (Å²) in [5, 5.41) is 0. The quantitative estimate of drug-likeness (QED) is 0.465. The van der Waals surface area contributed by atoms with Crippen LogP contribution >= 0.6 is 0 Å². The predicted molar refractivity (Wildman–Crippen MR) is 103 cm³/mol. The summed E-state index contributed by atoms with van der Waals surface area (Å²) in [4.78, 5) is 22.5. The molecule has 0 spiro atoms. The van der Waals surface area contributed by atoms with Crippen molar-refractivity contribution in [2.75, 3.05) is 23.8 Å². The zero-order valence-corrected chi connectivity index (χ0v) is 15.7. The molecule has 2 aromatic carbocycles. The van der Waals surface area contributed by atoms with Gasteiger partial charge in [-0.05, 0) is 24.3 Å². The van der Waals surface area contributed by atoms with Crippen molar-refractivity contribution in [3.63, 3.8) is 0 Å². The van der Waals surface area contributed by atoms with Crippen LogP contribution < -0.4 is 15.4 Å². The number of fused-ring (bicyclic) bond motifs is 4. The van der Waals surface area contributed by atoms with Crippen LogP contribution in [0.5, 0.6) is 5.75 Å². The molecular weight excluding hydrogens is 418 g/mol. The molecule has 0 bridgehead atoms. The number of hydrogen-bond donors (Lipinski definition) is 1. The van der Waals surface area contributed by atoms with Crippen LogP contribution in [0.2, 0.25) is 0 Å². The molecule has 0 aliphatic carbocycles. The Labute approximate surface area is 171 Å². The fraction of sp³-hybridized carbons (Fsp3) is 0.150. The minimum Gasteiger partial charge on any atom is -0.490 e. The van der Waals surface area contributed by atoms with Gasteiger partial charge in [-0.2, -0.15) is 13.2 Å². The third-order valence-corrected chi connectivity index (χ3v) is 5.09. The summed E-state index contributed by atoms with van der Waals surface area (Å²) < 4.78 is 60.7. The van der Waals surface area contributed by atoms with E-state index in [0.717, 1.165) is 24.3 Å². The highest BCUT2D eigenvalue weighted by Crippen LogP contribution is 2.39. The van der Waals surface area contributed by atoms with Gasteiger partial charge >= 0.3 is 6.18 Å². The van der Waals surface area contributed by atoms with E-state index in [-0.39, 0.29) is 41.5 Å². The summed E-state index contributed by atoms with van der Waals surface area (Å²) in [6.07, 6.45) is -1.60. The molecular formula is C20H13F4N5O2. The number of carbonyl (C=O) groups is 1. The number of nitrogens with zero attached hydrogens (tertiary/aromatic N) is 4. The summed E-state index contributed by atoms with van der Waals surface area (Å²) in [6.45, 7) is 0.0221. The molecule has 0 fully saturated rings. The van der Waals surface area contributed by atoms with Crippen molar-refractivity contribution in [3.8, 4) is 5.75 Å². The van der Waals surface area contributed by atoms with Gasteiger partial charge in [-0.15, -0.1) is 0 Å². The van der Waals surface area contributed by atoms with Crippen molar-refractivity contribution in [3.05, 3.63) is 59.8 Å². The number of benzene rings is 2. The maximum Gasteiger partial charge on any atom is 0.416 e. The molecule has 7 nitrogen and oxygen atoms in total. The van der Waals surface area contributed by atoms with Crippen molar-refractivity contribution in [2.45, 2.75) is 6.18 Å². The first-order valence-electron chi connectivity index (χ1n) is 9.11. The van der Waals surface area contributed by atoms with Crippen LogP contribution in [0.1, 0.15) is 15.9 Å². The first-order valence-corrected chi connectivity index (χ1v) is 9.11. The van der Waals surface area contributed by atoms with E-state index in [4.69, 9.17) is 10.5 Å². The number of hydrogen-bond acceptors (Lipinski definition) is 5. The monoisotopic (exact) mass is 431 g/mol. The van der Waals surface area contributed by atoms with Crippen LogP contribution in [0.15, 0.2) is 42.9 Å². The second-order valence-corrected chi connectivity index (χ2v) is 6.95. The number of nitrogen functional groups attached to an aromatic ring is 1. The SMILES string of the molecule is Nc1nc2cc(F)c(C(=O)N3CCOc4cc(C(F)(F)F)ccc43)cc2n2cncc12. The summed E-state index contributed by atoms with van der Waals surface area (Å²) in [5.74, 6) is -1.48. The van der Waals surface area contributed by atoms with E-state index in [1.165, 1.54) is 23.5 Å². The largest absolute Gasteiger partial charge is 0.490 e. The van der Waals surface area contributed by atoms with Gasteiger partial charge in [0.25, 0.3) is 5.91 Å². The van der Waals surface area contributed by atoms with Gasteiger partial charge in [0.05, 0.1) is 46.9 Å². The average molecular weight is 431 g/mol. The first kappa shape index (κ1) is 19.1. The van der Waals surface area contributed by atoms with Crippen molar-refractivity contribution in [2.24, 2.45) is 0 Å². The number of rotatable bonds is 1. The second-order valence-electron chi connectivity index (χ2n) is 6.95. The Kier molecular flexibility index (Phi) is 4.04.